The second kappa shape index (κ2) is 5.24. The van der Waals surface area contributed by atoms with Gasteiger partial charge in [0.15, 0.2) is 0 Å². The van der Waals surface area contributed by atoms with E-state index in [1.807, 2.05) is 0 Å². The number of thiazole rings is 1. The van der Waals surface area contributed by atoms with Gasteiger partial charge in [0.25, 0.3) is 0 Å². The minimum absolute atomic E-state index is 0.301. The maximum Gasteiger partial charge on any atom is 0.0794 e. The average Bonchev–Trinajstić information content (AvgIpc) is 2.53. The van der Waals surface area contributed by atoms with E-state index >= 15 is 0 Å². The Morgan fingerprint density at radius 3 is 3.17 bits per heavy atom. The molecule has 0 fully saturated rings. The van der Waals surface area contributed by atoms with Gasteiger partial charge in [-0.3, -0.25) is 4.98 Å². The van der Waals surface area contributed by atoms with Crippen LogP contribution in [0.1, 0.15) is 11.3 Å². The van der Waals surface area contributed by atoms with Gasteiger partial charge < -0.3 is 9.84 Å². The zero-order chi connectivity index (χ0) is 8.81. The Balaban J connectivity index is 2.22. The molecule has 0 aliphatic heterocycles. The molecule has 0 aliphatic rings. The van der Waals surface area contributed by atoms with Crippen molar-refractivity contribution in [1.29, 1.82) is 0 Å². The summed E-state index contributed by atoms with van der Waals surface area (Å²) >= 11 is 1.57. The first-order valence-electron chi connectivity index (χ1n) is 3.87. The molecule has 4 heteroatoms. The first-order chi connectivity index (χ1) is 5.83. The van der Waals surface area contributed by atoms with E-state index in [-0.39, 0.29) is 6.10 Å². The lowest BCUT2D eigenvalue weighted by atomic mass is 10.2. The van der Waals surface area contributed by atoms with Crippen molar-refractivity contribution in [3.05, 3.63) is 16.6 Å². The van der Waals surface area contributed by atoms with Crippen molar-refractivity contribution in [3.8, 4) is 0 Å². The molecule has 12 heavy (non-hydrogen) atoms. The first kappa shape index (κ1) is 9.64. The fourth-order valence-corrected chi connectivity index (χ4v) is 1.60. The molecule has 0 radical (unpaired) electrons. The standard InChI is InChI=1S/C8H13NO2S/c1-11-3-2-7(10)4-8-5-9-6-12-8/h5-7,10H,2-4H2,1H3. The second-order valence-corrected chi connectivity index (χ2v) is 3.58. The van der Waals surface area contributed by atoms with Gasteiger partial charge in [-0.05, 0) is 6.42 Å². The second-order valence-electron chi connectivity index (χ2n) is 2.61. The highest BCUT2D eigenvalue weighted by molar-refractivity contribution is 7.09. The summed E-state index contributed by atoms with van der Waals surface area (Å²) in [5.74, 6) is 0. The van der Waals surface area contributed by atoms with Gasteiger partial charge in [0.1, 0.15) is 0 Å². The van der Waals surface area contributed by atoms with Gasteiger partial charge in [-0.15, -0.1) is 11.3 Å². The third-order valence-corrected chi connectivity index (χ3v) is 2.38. The van der Waals surface area contributed by atoms with Crippen molar-refractivity contribution in [2.45, 2.75) is 18.9 Å². The molecule has 1 heterocycles. The van der Waals surface area contributed by atoms with E-state index in [2.05, 4.69) is 4.98 Å². The third kappa shape index (κ3) is 3.30. The number of methoxy groups -OCH3 is 1. The lowest BCUT2D eigenvalue weighted by Gasteiger charge is -2.06. The Hall–Kier alpha value is -0.450. The summed E-state index contributed by atoms with van der Waals surface area (Å²) in [6, 6.07) is 0. The first-order valence-corrected chi connectivity index (χ1v) is 4.75. The Kier molecular flexibility index (Phi) is 4.21. The Labute approximate surface area is 76.0 Å². The highest BCUT2D eigenvalue weighted by atomic mass is 32.1. The zero-order valence-electron chi connectivity index (χ0n) is 7.06. The van der Waals surface area contributed by atoms with E-state index in [9.17, 15) is 5.11 Å². The molecule has 0 saturated carbocycles. The molecule has 0 bridgehead atoms. The van der Waals surface area contributed by atoms with Gasteiger partial charge in [-0.25, -0.2) is 0 Å². The van der Waals surface area contributed by atoms with E-state index in [0.717, 1.165) is 4.88 Å². The van der Waals surface area contributed by atoms with Crippen LogP contribution < -0.4 is 0 Å². The fraction of sp³-hybridized carbons (Fsp3) is 0.625. The maximum absolute atomic E-state index is 9.45. The van der Waals surface area contributed by atoms with Crippen molar-refractivity contribution >= 4 is 11.3 Å². The number of hydrogen-bond acceptors (Lipinski definition) is 4. The van der Waals surface area contributed by atoms with Crippen molar-refractivity contribution in [3.63, 3.8) is 0 Å². The predicted molar refractivity (Wildman–Crippen MR) is 48.3 cm³/mol. The third-order valence-electron chi connectivity index (χ3n) is 1.58. The van der Waals surface area contributed by atoms with Crippen LogP contribution in [0, 0.1) is 0 Å². The van der Waals surface area contributed by atoms with Gasteiger partial charge in [-0.1, -0.05) is 0 Å². The smallest absolute Gasteiger partial charge is 0.0794 e. The van der Waals surface area contributed by atoms with Crippen LogP contribution in [-0.2, 0) is 11.2 Å². The van der Waals surface area contributed by atoms with Crippen LogP contribution in [-0.4, -0.2) is 29.9 Å². The predicted octanol–water partition coefficient (Wildman–Crippen LogP) is 1.08. The van der Waals surface area contributed by atoms with Crippen LogP contribution in [0.15, 0.2) is 11.7 Å². The van der Waals surface area contributed by atoms with Crippen LogP contribution in [0.5, 0.6) is 0 Å². The Morgan fingerprint density at radius 2 is 2.58 bits per heavy atom. The number of aromatic nitrogens is 1. The van der Waals surface area contributed by atoms with Gasteiger partial charge in [-0.2, -0.15) is 0 Å². The van der Waals surface area contributed by atoms with Gasteiger partial charge in [0, 0.05) is 31.2 Å². The molecule has 0 aliphatic carbocycles. The van der Waals surface area contributed by atoms with Crippen LogP contribution >= 0.6 is 11.3 Å². The minimum Gasteiger partial charge on any atom is -0.393 e. The fourth-order valence-electron chi connectivity index (χ4n) is 0.931. The normalized spacial score (nSPS) is 13.2. The molecular formula is C8H13NO2S. The monoisotopic (exact) mass is 187 g/mol. The van der Waals surface area contributed by atoms with Crippen LogP contribution in [0.4, 0.5) is 0 Å². The molecule has 1 rings (SSSR count). The van der Waals surface area contributed by atoms with Crippen molar-refractivity contribution in [2.75, 3.05) is 13.7 Å². The van der Waals surface area contributed by atoms with Crippen molar-refractivity contribution in [2.24, 2.45) is 0 Å². The van der Waals surface area contributed by atoms with Crippen molar-refractivity contribution < 1.29 is 9.84 Å². The molecule has 0 spiro atoms. The van der Waals surface area contributed by atoms with Gasteiger partial charge >= 0.3 is 0 Å². The quantitative estimate of drug-likeness (QED) is 0.750. The van der Waals surface area contributed by atoms with Crippen LogP contribution in [0.25, 0.3) is 0 Å². The average molecular weight is 187 g/mol. The van der Waals surface area contributed by atoms with E-state index in [1.165, 1.54) is 0 Å². The molecule has 68 valence electrons. The molecule has 3 nitrogen and oxygen atoms in total. The number of nitrogens with zero attached hydrogens (tertiary/aromatic N) is 1. The molecule has 1 atom stereocenters. The summed E-state index contributed by atoms with van der Waals surface area (Å²) < 4.78 is 4.86. The molecule has 0 saturated heterocycles. The van der Waals surface area contributed by atoms with Crippen molar-refractivity contribution in [1.82, 2.24) is 4.98 Å². The summed E-state index contributed by atoms with van der Waals surface area (Å²) in [6.07, 6.45) is 2.87. The maximum atomic E-state index is 9.45. The topological polar surface area (TPSA) is 42.4 Å². The summed E-state index contributed by atoms with van der Waals surface area (Å²) in [4.78, 5) is 5.06. The number of aliphatic hydroxyl groups is 1. The van der Waals surface area contributed by atoms with E-state index in [0.29, 0.717) is 19.4 Å². The SMILES string of the molecule is COCCC(O)Cc1cncs1. The Morgan fingerprint density at radius 1 is 1.75 bits per heavy atom. The molecule has 0 aromatic carbocycles. The van der Waals surface area contributed by atoms with Gasteiger partial charge in [0.05, 0.1) is 11.6 Å². The largest absolute Gasteiger partial charge is 0.393 e. The van der Waals surface area contributed by atoms with E-state index in [1.54, 1.807) is 30.2 Å². The Bertz CT molecular complexity index is 201. The molecular weight excluding hydrogens is 174 g/mol. The highest BCUT2D eigenvalue weighted by Crippen LogP contribution is 2.10. The van der Waals surface area contributed by atoms with E-state index < -0.39 is 0 Å². The molecule has 1 aromatic heterocycles. The van der Waals surface area contributed by atoms with Crippen LogP contribution in [0.2, 0.25) is 0 Å². The van der Waals surface area contributed by atoms with Crippen LogP contribution in [0.3, 0.4) is 0 Å². The highest BCUT2D eigenvalue weighted by Gasteiger charge is 2.05. The number of aliphatic hydroxyl groups excluding tert-OH is 1. The van der Waals surface area contributed by atoms with E-state index in [4.69, 9.17) is 4.74 Å². The van der Waals surface area contributed by atoms with Gasteiger partial charge in [0.2, 0.25) is 0 Å². The molecule has 0 amide bonds. The summed E-state index contributed by atoms with van der Waals surface area (Å²) in [5, 5.41) is 9.45. The zero-order valence-corrected chi connectivity index (χ0v) is 7.88. The summed E-state index contributed by atoms with van der Waals surface area (Å²) in [7, 11) is 1.64. The number of rotatable bonds is 5. The minimum atomic E-state index is -0.301. The number of ether oxygens (including phenoxy) is 1. The summed E-state index contributed by atoms with van der Waals surface area (Å²) in [5.41, 5.74) is 1.78. The lowest BCUT2D eigenvalue weighted by molar-refractivity contribution is 0.110. The summed E-state index contributed by atoms with van der Waals surface area (Å²) in [6.45, 7) is 0.611. The molecule has 1 unspecified atom stereocenters. The number of hydrogen-bond donors (Lipinski definition) is 1. The molecule has 1 N–H and O–H groups in total. The molecule has 1 aromatic rings. The lowest BCUT2D eigenvalue weighted by Crippen LogP contribution is -2.12.